The quantitative estimate of drug-likeness (QED) is 0.452. The molecule has 2 heterocycles. The minimum atomic E-state index is -4.08. The molecule has 0 saturated carbocycles. The lowest BCUT2D eigenvalue weighted by molar-refractivity contribution is 0.0950. The minimum absolute atomic E-state index is 0.0329. The summed E-state index contributed by atoms with van der Waals surface area (Å²) in [5.74, 6) is 0.327. The van der Waals surface area contributed by atoms with Gasteiger partial charge in [-0.2, -0.15) is 0 Å². The van der Waals surface area contributed by atoms with E-state index in [0.29, 0.717) is 10.7 Å². The molecule has 172 valence electrons. The van der Waals surface area contributed by atoms with Gasteiger partial charge < -0.3 is 9.47 Å². The molecule has 2 aromatic heterocycles. The highest BCUT2D eigenvalue weighted by atomic mass is 35.5. The fraction of sp³-hybridized carbons (Fsp3) is 0.333. The first-order valence-corrected chi connectivity index (χ1v) is 11.8. The molecule has 32 heavy (non-hydrogen) atoms. The number of hydrogen-bond acceptors (Lipinski definition) is 8. The largest absolute Gasteiger partial charge is 0.377 e. The van der Waals surface area contributed by atoms with Crippen molar-refractivity contribution in [3.05, 3.63) is 57.3 Å². The van der Waals surface area contributed by atoms with Gasteiger partial charge in [0.25, 0.3) is 0 Å². The number of nitrogens with zero attached hydrogens (tertiary/aromatic N) is 5. The maximum atomic E-state index is 13.2. The molecule has 0 unspecified atom stereocenters. The second-order valence-electron chi connectivity index (χ2n) is 6.55. The molecule has 14 heteroatoms. The van der Waals surface area contributed by atoms with Gasteiger partial charge in [-0.3, -0.25) is 9.29 Å². The topological polar surface area (TPSA) is 121 Å². The molecule has 0 saturated heterocycles. The highest BCUT2D eigenvalue weighted by molar-refractivity contribution is 7.93. The first-order chi connectivity index (χ1) is 15.2. The molecule has 3 aromatic rings. The van der Waals surface area contributed by atoms with E-state index in [-0.39, 0.29) is 34.2 Å². The number of rotatable bonds is 9. The van der Waals surface area contributed by atoms with Crippen LogP contribution in [0.5, 0.6) is 0 Å². The number of anilines is 1. The van der Waals surface area contributed by atoms with Gasteiger partial charge in [0, 0.05) is 26.6 Å². The van der Waals surface area contributed by atoms with Crippen LogP contribution in [0.2, 0.25) is 15.1 Å². The zero-order chi connectivity index (χ0) is 23.5. The molecule has 3 rings (SSSR count). The van der Waals surface area contributed by atoms with Crippen LogP contribution in [0.3, 0.4) is 0 Å². The number of sulfonamides is 1. The zero-order valence-electron chi connectivity index (χ0n) is 17.2. The Hall–Kier alpha value is -2.02. The van der Waals surface area contributed by atoms with E-state index in [2.05, 4.69) is 24.9 Å². The minimum Gasteiger partial charge on any atom is -0.377 e. The van der Waals surface area contributed by atoms with E-state index in [4.69, 9.17) is 44.3 Å². The van der Waals surface area contributed by atoms with Crippen molar-refractivity contribution in [3.63, 3.8) is 0 Å². The molecule has 2 atom stereocenters. The molecule has 0 amide bonds. The van der Waals surface area contributed by atoms with Crippen molar-refractivity contribution in [2.75, 3.05) is 18.9 Å². The Morgan fingerprint density at radius 2 is 1.72 bits per heavy atom. The van der Waals surface area contributed by atoms with Crippen molar-refractivity contribution >= 4 is 50.8 Å². The van der Waals surface area contributed by atoms with Crippen LogP contribution in [0.15, 0.2) is 30.6 Å². The van der Waals surface area contributed by atoms with Crippen LogP contribution in [0.4, 0.5) is 5.95 Å². The van der Waals surface area contributed by atoms with E-state index in [1.807, 2.05) is 0 Å². The van der Waals surface area contributed by atoms with Crippen molar-refractivity contribution in [1.29, 1.82) is 0 Å². The average Bonchev–Trinajstić information content (AvgIpc) is 3.11. The molecule has 0 aliphatic rings. The monoisotopic (exact) mass is 520 g/mol. The summed E-state index contributed by atoms with van der Waals surface area (Å²) in [6, 6.07) is 4.88. The normalized spacial score (nSPS) is 13.7. The summed E-state index contributed by atoms with van der Waals surface area (Å²) in [5.41, 5.74) is 0.308. The predicted octanol–water partition coefficient (Wildman–Crippen LogP) is 3.68. The fourth-order valence-electron chi connectivity index (χ4n) is 2.90. The molecule has 1 N–H and O–H groups in total. The average molecular weight is 522 g/mol. The van der Waals surface area contributed by atoms with Gasteiger partial charge in [0.2, 0.25) is 16.0 Å². The van der Waals surface area contributed by atoms with Crippen molar-refractivity contribution < 1.29 is 17.9 Å². The van der Waals surface area contributed by atoms with Crippen LogP contribution < -0.4 is 4.72 Å². The molecule has 0 spiro atoms. The van der Waals surface area contributed by atoms with Gasteiger partial charge in [-0.1, -0.05) is 40.9 Å². The molecule has 0 aliphatic heterocycles. The third-order valence-electron chi connectivity index (χ3n) is 4.46. The number of aromatic nitrogens is 5. The molecule has 0 radical (unpaired) electrons. The maximum Gasteiger partial charge on any atom is 0.243 e. The van der Waals surface area contributed by atoms with Crippen LogP contribution in [-0.2, 0) is 26.1 Å². The standard InChI is InChI=1S/C18H19Cl3N6O4S/c1-10(16(31-3)17-22-7-11(19)8-23-17)32(28,29)26-18-25-24-14(9-30-2)27(18)15-12(20)5-4-6-13(15)21/h4-8,10,16H,9H2,1-3H3,(H,25,26)/t10-,16-/m0/s1. The van der Waals surface area contributed by atoms with Gasteiger partial charge >= 0.3 is 0 Å². The second-order valence-corrected chi connectivity index (χ2v) is 9.84. The summed E-state index contributed by atoms with van der Waals surface area (Å²) in [5, 5.41) is 7.72. The number of nitrogens with one attached hydrogen (secondary N) is 1. The summed E-state index contributed by atoms with van der Waals surface area (Å²) < 4.78 is 40.8. The van der Waals surface area contributed by atoms with E-state index in [9.17, 15) is 8.42 Å². The molecule has 0 bridgehead atoms. The van der Waals surface area contributed by atoms with Gasteiger partial charge in [-0.25, -0.2) is 18.4 Å². The number of benzene rings is 1. The SMILES string of the molecule is COCc1nnc(NS(=O)(=O)[C@@H](C)[C@H](OC)c2ncc(Cl)cn2)n1-c1c(Cl)cccc1Cl. The molecule has 10 nitrogen and oxygen atoms in total. The third-order valence-corrected chi connectivity index (χ3v) is 6.96. The summed E-state index contributed by atoms with van der Waals surface area (Å²) in [6.45, 7) is 1.48. The molecular formula is C18H19Cl3N6O4S. The van der Waals surface area contributed by atoms with E-state index in [1.165, 1.54) is 38.1 Å². The molecule has 0 fully saturated rings. The Kier molecular flexibility index (Phi) is 7.91. The first-order valence-electron chi connectivity index (χ1n) is 9.09. The lowest BCUT2D eigenvalue weighted by Gasteiger charge is -2.22. The van der Waals surface area contributed by atoms with Gasteiger partial charge in [0.1, 0.15) is 18.0 Å². The maximum absolute atomic E-state index is 13.2. The summed E-state index contributed by atoms with van der Waals surface area (Å²) >= 11 is 18.5. The Morgan fingerprint density at radius 1 is 1.09 bits per heavy atom. The van der Waals surface area contributed by atoms with Crippen LogP contribution in [0.1, 0.15) is 24.7 Å². The first kappa shape index (κ1) is 24.6. The Labute approximate surface area is 199 Å². The predicted molar refractivity (Wildman–Crippen MR) is 121 cm³/mol. The highest BCUT2D eigenvalue weighted by Crippen LogP contribution is 2.32. The number of hydrogen-bond donors (Lipinski definition) is 1. The van der Waals surface area contributed by atoms with E-state index in [0.717, 1.165) is 0 Å². The van der Waals surface area contributed by atoms with Crippen molar-refractivity contribution in [1.82, 2.24) is 24.7 Å². The molecule has 0 aliphatic carbocycles. The van der Waals surface area contributed by atoms with Gasteiger partial charge in [0.05, 0.1) is 20.8 Å². The number of para-hydroxylation sites is 1. The Morgan fingerprint density at radius 3 is 2.28 bits per heavy atom. The van der Waals surface area contributed by atoms with E-state index >= 15 is 0 Å². The van der Waals surface area contributed by atoms with Crippen LogP contribution in [0.25, 0.3) is 5.69 Å². The number of ether oxygens (including phenoxy) is 2. The van der Waals surface area contributed by atoms with E-state index < -0.39 is 21.4 Å². The fourth-order valence-corrected chi connectivity index (χ4v) is 4.70. The number of halogens is 3. The Balaban J connectivity index is 2.01. The van der Waals surface area contributed by atoms with Gasteiger partial charge in [0.15, 0.2) is 11.6 Å². The zero-order valence-corrected chi connectivity index (χ0v) is 20.2. The van der Waals surface area contributed by atoms with Crippen LogP contribution >= 0.6 is 34.8 Å². The third kappa shape index (κ3) is 5.13. The molecular weight excluding hydrogens is 503 g/mol. The van der Waals surface area contributed by atoms with Crippen molar-refractivity contribution in [3.8, 4) is 5.69 Å². The van der Waals surface area contributed by atoms with Crippen LogP contribution in [0, 0.1) is 0 Å². The lowest BCUT2D eigenvalue weighted by Crippen LogP contribution is -2.33. The van der Waals surface area contributed by atoms with Crippen molar-refractivity contribution in [2.45, 2.75) is 24.9 Å². The highest BCUT2D eigenvalue weighted by Gasteiger charge is 2.34. The second kappa shape index (κ2) is 10.3. The van der Waals surface area contributed by atoms with Gasteiger partial charge in [-0.05, 0) is 19.1 Å². The number of methoxy groups -OCH3 is 2. The summed E-state index contributed by atoms with van der Waals surface area (Å²) in [4.78, 5) is 8.13. The van der Waals surface area contributed by atoms with Crippen molar-refractivity contribution in [2.24, 2.45) is 0 Å². The van der Waals surface area contributed by atoms with Gasteiger partial charge in [-0.15, -0.1) is 10.2 Å². The van der Waals surface area contributed by atoms with E-state index in [1.54, 1.807) is 18.2 Å². The Bertz CT molecular complexity index is 1170. The summed E-state index contributed by atoms with van der Waals surface area (Å²) in [7, 11) is -1.25. The summed E-state index contributed by atoms with van der Waals surface area (Å²) in [6.07, 6.45) is 1.73. The van der Waals surface area contributed by atoms with Crippen LogP contribution in [-0.4, -0.2) is 52.6 Å². The lowest BCUT2D eigenvalue weighted by atomic mass is 10.2. The smallest absolute Gasteiger partial charge is 0.243 e. The molecule has 1 aromatic carbocycles.